The highest BCUT2D eigenvalue weighted by atomic mass is 32.2. The minimum atomic E-state index is -3.89. The van der Waals surface area contributed by atoms with E-state index in [9.17, 15) is 13.2 Å². The molecule has 0 saturated heterocycles. The molecule has 1 unspecified atom stereocenters. The van der Waals surface area contributed by atoms with E-state index in [0.717, 1.165) is 0 Å². The van der Waals surface area contributed by atoms with Gasteiger partial charge in [0.1, 0.15) is 5.75 Å². The first-order valence-electron chi connectivity index (χ1n) is 8.88. The van der Waals surface area contributed by atoms with Crippen molar-refractivity contribution in [3.63, 3.8) is 0 Å². The van der Waals surface area contributed by atoms with Crippen molar-refractivity contribution in [2.24, 2.45) is 0 Å². The van der Waals surface area contributed by atoms with Crippen LogP contribution in [0.3, 0.4) is 0 Å². The molecule has 1 amide bonds. The number of carbonyl (C=O) groups is 1. The number of hydrogen-bond acceptors (Lipinski definition) is 6. The van der Waals surface area contributed by atoms with Gasteiger partial charge in [-0.25, -0.2) is 8.42 Å². The summed E-state index contributed by atoms with van der Waals surface area (Å²) in [5, 5.41) is 2.64. The number of carbonyl (C=O) groups excluding carboxylic acids is 1. The smallest absolute Gasteiger partial charge is 0.265 e. The Morgan fingerprint density at radius 2 is 1.79 bits per heavy atom. The van der Waals surface area contributed by atoms with Gasteiger partial charge in [-0.05, 0) is 51.1 Å². The predicted octanol–water partition coefficient (Wildman–Crippen LogP) is 3.00. The standard InChI is InChI=1S/C19H22N2O6S/c1-4-25-17-8-6-13(10-18(17)26-5-2)21-28(23,24)14-7-9-16-15(11-14)20-19(22)12(3)27-16/h6-12,21H,4-5H2,1-3H3,(H,20,22). The summed E-state index contributed by atoms with van der Waals surface area (Å²) < 4.78 is 44.5. The Kier molecular flexibility index (Phi) is 5.64. The van der Waals surface area contributed by atoms with Gasteiger partial charge in [0, 0.05) is 6.07 Å². The van der Waals surface area contributed by atoms with E-state index in [1.807, 2.05) is 13.8 Å². The van der Waals surface area contributed by atoms with E-state index in [0.29, 0.717) is 41.8 Å². The van der Waals surface area contributed by atoms with Crippen LogP contribution in [-0.2, 0) is 14.8 Å². The zero-order valence-electron chi connectivity index (χ0n) is 15.8. The van der Waals surface area contributed by atoms with Gasteiger partial charge in [0.15, 0.2) is 17.6 Å². The summed E-state index contributed by atoms with van der Waals surface area (Å²) in [5.74, 6) is 1.08. The molecule has 1 heterocycles. The molecular weight excluding hydrogens is 384 g/mol. The zero-order valence-corrected chi connectivity index (χ0v) is 16.6. The molecular formula is C19H22N2O6S. The van der Waals surface area contributed by atoms with Gasteiger partial charge in [0.05, 0.1) is 29.5 Å². The lowest BCUT2D eigenvalue weighted by molar-refractivity contribution is -0.122. The molecule has 0 aromatic heterocycles. The van der Waals surface area contributed by atoms with Crippen molar-refractivity contribution in [3.8, 4) is 17.2 Å². The van der Waals surface area contributed by atoms with Crippen molar-refractivity contribution in [2.75, 3.05) is 23.3 Å². The number of fused-ring (bicyclic) bond motifs is 1. The summed E-state index contributed by atoms with van der Waals surface area (Å²) in [6, 6.07) is 9.11. The maximum absolute atomic E-state index is 12.8. The molecule has 0 saturated carbocycles. The molecule has 0 fully saturated rings. The number of ether oxygens (including phenoxy) is 3. The average molecular weight is 406 g/mol. The van der Waals surface area contributed by atoms with Gasteiger partial charge in [-0.1, -0.05) is 0 Å². The predicted molar refractivity (Wildman–Crippen MR) is 105 cm³/mol. The normalized spacial score (nSPS) is 15.8. The van der Waals surface area contributed by atoms with Gasteiger partial charge in [-0.15, -0.1) is 0 Å². The van der Waals surface area contributed by atoms with Crippen LogP contribution in [0.5, 0.6) is 17.2 Å². The number of rotatable bonds is 7. The van der Waals surface area contributed by atoms with Crippen molar-refractivity contribution in [1.82, 2.24) is 0 Å². The highest BCUT2D eigenvalue weighted by molar-refractivity contribution is 7.92. The monoisotopic (exact) mass is 406 g/mol. The van der Waals surface area contributed by atoms with Gasteiger partial charge in [0.2, 0.25) is 0 Å². The number of benzene rings is 2. The summed E-state index contributed by atoms with van der Waals surface area (Å²) in [4.78, 5) is 11.8. The molecule has 0 spiro atoms. The first-order valence-corrected chi connectivity index (χ1v) is 10.4. The van der Waals surface area contributed by atoms with E-state index in [1.54, 1.807) is 25.1 Å². The Morgan fingerprint density at radius 1 is 1.07 bits per heavy atom. The van der Waals surface area contributed by atoms with E-state index in [1.165, 1.54) is 18.2 Å². The molecule has 1 aliphatic heterocycles. The van der Waals surface area contributed by atoms with Gasteiger partial charge in [-0.3, -0.25) is 9.52 Å². The van der Waals surface area contributed by atoms with Gasteiger partial charge >= 0.3 is 0 Å². The van der Waals surface area contributed by atoms with Crippen LogP contribution < -0.4 is 24.2 Å². The van der Waals surface area contributed by atoms with Crippen LogP contribution >= 0.6 is 0 Å². The lowest BCUT2D eigenvalue weighted by atomic mass is 10.2. The van der Waals surface area contributed by atoms with Gasteiger partial charge < -0.3 is 19.5 Å². The Bertz CT molecular complexity index is 990. The van der Waals surface area contributed by atoms with Crippen LogP contribution in [0.4, 0.5) is 11.4 Å². The lowest BCUT2D eigenvalue weighted by Crippen LogP contribution is -2.34. The number of sulfonamides is 1. The molecule has 2 aromatic carbocycles. The van der Waals surface area contributed by atoms with Gasteiger partial charge in [0.25, 0.3) is 15.9 Å². The fourth-order valence-corrected chi connectivity index (χ4v) is 3.76. The maximum Gasteiger partial charge on any atom is 0.265 e. The highest BCUT2D eigenvalue weighted by Crippen LogP contribution is 2.34. The van der Waals surface area contributed by atoms with Crippen LogP contribution in [0.15, 0.2) is 41.3 Å². The van der Waals surface area contributed by atoms with Crippen molar-refractivity contribution in [1.29, 1.82) is 0 Å². The summed E-state index contributed by atoms with van der Waals surface area (Å²) in [6.07, 6.45) is -0.631. The molecule has 1 atom stereocenters. The Hall–Kier alpha value is -2.94. The molecule has 1 aliphatic rings. The molecule has 28 heavy (non-hydrogen) atoms. The summed E-state index contributed by atoms with van der Waals surface area (Å²) >= 11 is 0. The van der Waals surface area contributed by atoms with Gasteiger partial charge in [-0.2, -0.15) is 0 Å². The highest BCUT2D eigenvalue weighted by Gasteiger charge is 2.25. The van der Waals surface area contributed by atoms with Crippen molar-refractivity contribution >= 4 is 27.3 Å². The molecule has 0 radical (unpaired) electrons. The molecule has 2 N–H and O–H groups in total. The lowest BCUT2D eigenvalue weighted by Gasteiger charge is -2.23. The van der Waals surface area contributed by atoms with E-state index >= 15 is 0 Å². The molecule has 8 nitrogen and oxygen atoms in total. The maximum atomic E-state index is 12.8. The minimum absolute atomic E-state index is 0.00320. The van der Waals surface area contributed by atoms with Crippen molar-refractivity contribution < 1.29 is 27.4 Å². The van der Waals surface area contributed by atoms with Crippen molar-refractivity contribution in [2.45, 2.75) is 31.8 Å². The Balaban J connectivity index is 1.87. The fourth-order valence-electron chi connectivity index (χ4n) is 2.68. The van der Waals surface area contributed by atoms with E-state index in [-0.39, 0.29) is 10.8 Å². The third-order valence-corrected chi connectivity index (χ3v) is 5.37. The second-order valence-corrected chi connectivity index (χ2v) is 7.72. The Morgan fingerprint density at radius 3 is 2.50 bits per heavy atom. The average Bonchev–Trinajstić information content (AvgIpc) is 2.64. The zero-order chi connectivity index (χ0) is 20.3. The molecule has 2 aromatic rings. The van der Waals surface area contributed by atoms with Crippen molar-refractivity contribution in [3.05, 3.63) is 36.4 Å². The van der Waals surface area contributed by atoms with E-state index in [2.05, 4.69) is 10.0 Å². The fraction of sp³-hybridized carbons (Fsp3) is 0.316. The van der Waals surface area contributed by atoms with Crippen LogP contribution in [0.1, 0.15) is 20.8 Å². The third-order valence-electron chi connectivity index (χ3n) is 3.99. The van der Waals surface area contributed by atoms with Crippen LogP contribution in [0, 0.1) is 0 Å². The number of anilines is 2. The quantitative estimate of drug-likeness (QED) is 0.733. The molecule has 0 bridgehead atoms. The molecule has 3 rings (SSSR count). The molecule has 9 heteroatoms. The summed E-state index contributed by atoms with van der Waals surface area (Å²) in [7, 11) is -3.89. The first-order chi connectivity index (χ1) is 13.3. The number of amides is 1. The Labute approximate surface area is 163 Å². The van der Waals surface area contributed by atoms with Crippen LogP contribution in [0.25, 0.3) is 0 Å². The number of nitrogens with one attached hydrogen (secondary N) is 2. The van der Waals surface area contributed by atoms with Crippen LogP contribution in [0.2, 0.25) is 0 Å². The van der Waals surface area contributed by atoms with Crippen LogP contribution in [-0.4, -0.2) is 33.6 Å². The molecule has 150 valence electrons. The second-order valence-electron chi connectivity index (χ2n) is 6.04. The topological polar surface area (TPSA) is 103 Å². The first kappa shape index (κ1) is 19.8. The minimum Gasteiger partial charge on any atom is -0.490 e. The number of hydrogen-bond donors (Lipinski definition) is 2. The largest absolute Gasteiger partial charge is 0.490 e. The summed E-state index contributed by atoms with van der Waals surface area (Å²) in [6.45, 7) is 6.18. The third kappa shape index (κ3) is 4.14. The molecule has 0 aliphatic carbocycles. The SMILES string of the molecule is CCOc1ccc(NS(=O)(=O)c2ccc3c(c2)NC(=O)C(C)O3)cc1OCC. The second kappa shape index (κ2) is 7.97. The van der Waals surface area contributed by atoms with E-state index in [4.69, 9.17) is 14.2 Å². The van der Waals surface area contributed by atoms with E-state index < -0.39 is 16.1 Å². The summed E-state index contributed by atoms with van der Waals surface area (Å²) in [5.41, 5.74) is 0.645.